The van der Waals surface area contributed by atoms with E-state index in [4.69, 9.17) is 5.53 Å². The van der Waals surface area contributed by atoms with Crippen LogP contribution in [0, 0.1) is 5.82 Å². The maximum absolute atomic E-state index is 13.2. The second-order valence-corrected chi connectivity index (χ2v) is 3.96. The van der Waals surface area contributed by atoms with E-state index in [0.29, 0.717) is 5.56 Å². The van der Waals surface area contributed by atoms with E-state index < -0.39 is 29.2 Å². The van der Waals surface area contributed by atoms with Gasteiger partial charge in [0.1, 0.15) is 5.82 Å². The Hall–Kier alpha value is -2.59. The predicted octanol–water partition coefficient (Wildman–Crippen LogP) is 1.90. The summed E-state index contributed by atoms with van der Waals surface area (Å²) < 4.78 is 17.5. The molecular formula is C14H13FN2O3. The molecule has 0 radical (unpaired) electrons. The summed E-state index contributed by atoms with van der Waals surface area (Å²) in [5.41, 5.74) is 8.52. The van der Waals surface area contributed by atoms with Gasteiger partial charge in [-0.05, 0) is 17.7 Å². The largest absolute Gasteiger partial charge is 0.460 e. The molecule has 0 fully saturated rings. The molecule has 0 aliphatic heterocycles. The van der Waals surface area contributed by atoms with Crippen molar-refractivity contribution in [2.24, 2.45) is 0 Å². The van der Waals surface area contributed by atoms with Gasteiger partial charge in [-0.3, -0.25) is 4.79 Å². The average Bonchev–Trinajstić information content (AvgIpc) is 2.45. The van der Waals surface area contributed by atoms with Crippen LogP contribution in [0.15, 0.2) is 36.9 Å². The Morgan fingerprint density at radius 1 is 1.55 bits per heavy atom. The average molecular weight is 276 g/mol. The predicted molar refractivity (Wildman–Crippen MR) is 69.6 cm³/mol. The zero-order valence-electron chi connectivity index (χ0n) is 10.9. The highest BCUT2D eigenvalue weighted by molar-refractivity contribution is 6.62. The number of benzene rings is 1. The van der Waals surface area contributed by atoms with E-state index in [2.05, 4.69) is 16.1 Å². The molecule has 0 N–H and O–H groups in total. The van der Waals surface area contributed by atoms with Crippen molar-refractivity contribution in [1.82, 2.24) is 0 Å². The Morgan fingerprint density at radius 3 is 2.75 bits per heavy atom. The number of hydrogen-bond acceptors (Lipinski definition) is 3. The summed E-state index contributed by atoms with van der Waals surface area (Å²) >= 11 is 0. The molecule has 0 spiro atoms. The second kappa shape index (κ2) is 7.11. The fourth-order valence-corrected chi connectivity index (χ4v) is 1.68. The number of allylic oxidation sites excluding steroid dienone is 1. The molecule has 1 aromatic carbocycles. The molecule has 5 nitrogen and oxygen atoms in total. The number of carbonyl (C=O) groups excluding carboxylic acids is 2. The number of carbonyl (C=O) groups is 2. The van der Waals surface area contributed by atoms with Crippen LogP contribution in [0.25, 0.3) is 5.53 Å². The van der Waals surface area contributed by atoms with Gasteiger partial charge < -0.3 is 10.3 Å². The first kappa shape index (κ1) is 15.5. The molecule has 0 heterocycles. The van der Waals surface area contributed by atoms with Crippen molar-refractivity contribution in [3.63, 3.8) is 0 Å². The van der Waals surface area contributed by atoms with Gasteiger partial charge in [-0.1, -0.05) is 18.2 Å². The molecular weight excluding hydrogens is 263 g/mol. The summed E-state index contributed by atoms with van der Waals surface area (Å²) in [6, 6.07) is 5.69. The smallest absolute Gasteiger partial charge is 0.441 e. The minimum Gasteiger partial charge on any atom is -0.460 e. The highest BCUT2D eigenvalue weighted by Crippen LogP contribution is 2.22. The topological polar surface area (TPSA) is 79.8 Å². The monoisotopic (exact) mass is 276 g/mol. The van der Waals surface area contributed by atoms with Gasteiger partial charge in [-0.15, -0.1) is 6.58 Å². The van der Waals surface area contributed by atoms with Crippen LogP contribution < -0.4 is 0 Å². The lowest BCUT2D eigenvalue weighted by atomic mass is 9.92. The lowest BCUT2D eigenvalue weighted by Crippen LogP contribution is -2.27. The van der Waals surface area contributed by atoms with E-state index in [9.17, 15) is 14.0 Å². The van der Waals surface area contributed by atoms with Gasteiger partial charge >= 0.3 is 11.7 Å². The highest BCUT2D eigenvalue weighted by atomic mass is 19.1. The fourth-order valence-electron chi connectivity index (χ4n) is 1.68. The number of rotatable bonds is 6. The number of hydrogen-bond donors (Lipinski definition) is 0. The van der Waals surface area contributed by atoms with Gasteiger partial charge in [-0.25, -0.2) is 9.18 Å². The molecule has 0 aliphatic carbocycles. The second-order valence-electron chi connectivity index (χ2n) is 3.96. The number of ketones is 1. The standard InChI is InChI=1S/C14H13FN2O3/c1-3-9(10-5-4-6-11(15)7-10)8-12(18)13(17-16)14(19)20-2/h3-7,9H,1,8H2,2H3/t9-/m1/s1. The molecule has 0 saturated carbocycles. The lowest BCUT2D eigenvalue weighted by molar-refractivity contribution is -0.139. The maximum atomic E-state index is 13.2. The Bertz CT molecular complexity index is 592. The van der Waals surface area contributed by atoms with Crippen LogP contribution in [0.1, 0.15) is 17.9 Å². The Kier molecular flexibility index (Phi) is 5.50. The number of halogens is 1. The number of ether oxygens (including phenoxy) is 1. The molecule has 0 aliphatic rings. The van der Waals surface area contributed by atoms with Gasteiger partial charge in [0.15, 0.2) is 0 Å². The Morgan fingerprint density at radius 2 is 2.25 bits per heavy atom. The van der Waals surface area contributed by atoms with Crippen molar-refractivity contribution in [3.8, 4) is 0 Å². The van der Waals surface area contributed by atoms with Crippen LogP contribution >= 0.6 is 0 Å². The summed E-state index contributed by atoms with van der Waals surface area (Å²) in [6.07, 6.45) is 1.28. The van der Waals surface area contributed by atoms with Gasteiger partial charge in [-0.2, -0.15) is 4.79 Å². The van der Waals surface area contributed by atoms with Crippen LogP contribution in [0.2, 0.25) is 0 Å². The zero-order chi connectivity index (χ0) is 15.1. The number of esters is 1. The molecule has 6 heteroatoms. The highest BCUT2D eigenvalue weighted by Gasteiger charge is 2.31. The van der Waals surface area contributed by atoms with Crippen LogP contribution in [0.4, 0.5) is 4.39 Å². The quantitative estimate of drug-likeness (QED) is 0.199. The van der Waals surface area contributed by atoms with Gasteiger partial charge in [0.2, 0.25) is 0 Å². The van der Waals surface area contributed by atoms with E-state index in [1.807, 2.05) is 0 Å². The van der Waals surface area contributed by atoms with Crippen LogP contribution in [0.5, 0.6) is 0 Å². The summed E-state index contributed by atoms with van der Waals surface area (Å²) in [5, 5.41) is 0. The minimum atomic E-state index is -1.03. The molecule has 0 saturated heterocycles. The molecule has 1 aromatic rings. The summed E-state index contributed by atoms with van der Waals surface area (Å²) in [4.78, 5) is 25.7. The molecule has 104 valence electrons. The number of nitrogens with zero attached hydrogens (tertiary/aromatic N) is 2. The van der Waals surface area contributed by atoms with Crippen molar-refractivity contribution in [2.45, 2.75) is 12.3 Å². The van der Waals surface area contributed by atoms with E-state index in [-0.39, 0.29) is 6.42 Å². The van der Waals surface area contributed by atoms with Gasteiger partial charge in [0, 0.05) is 12.3 Å². The van der Waals surface area contributed by atoms with Crippen LogP contribution in [-0.2, 0) is 14.3 Å². The minimum absolute atomic E-state index is 0.179. The van der Waals surface area contributed by atoms with E-state index in [1.54, 1.807) is 6.07 Å². The maximum Gasteiger partial charge on any atom is 0.441 e. The van der Waals surface area contributed by atoms with Crippen molar-refractivity contribution in [3.05, 3.63) is 53.8 Å². The summed E-state index contributed by atoms with van der Waals surface area (Å²) in [5.74, 6) is -2.68. The fraction of sp³-hybridized carbons (Fsp3) is 0.214. The summed E-state index contributed by atoms with van der Waals surface area (Å²) in [7, 11) is 1.07. The number of Topliss-reactive ketones (excluding diaryl/α,β-unsaturated/α-hetero) is 1. The van der Waals surface area contributed by atoms with E-state index >= 15 is 0 Å². The first-order valence-electron chi connectivity index (χ1n) is 5.75. The van der Waals surface area contributed by atoms with Gasteiger partial charge in [0.05, 0.1) is 7.11 Å². The molecule has 0 unspecified atom stereocenters. The Balaban J connectivity index is 2.94. The molecule has 0 bridgehead atoms. The third kappa shape index (κ3) is 3.70. The van der Waals surface area contributed by atoms with Crippen molar-refractivity contribution in [1.29, 1.82) is 0 Å². The van der Waals surface area contributed by atoms with Crippen LogP contribution in [-0.4, -0.2) is 29.4 Å². The summed E-state index contributed by atoms with van der Waals surface area (Å²) in [6.45, 7) is 3.58. The lowest BCUT2D eigenvalue weighted by Gasteiger charge is -2.10. The molecule has 0 amide bonds. The van der Waals surface area contributed by atoms with E-state index in [0.717, 1.165) is 7.11 Å². The normalized spacial score (nSPS) is 11.1. The van der Waals surface area contributed by atoms with Crippen LogP contribution in [0.3, 0.4) is 0 Å². The molecule has 1 atom stereocenters. The third-order valence-corrected chi connectivity index (χ3v) is 2.71. The zero-order valence-corrected chi connectivity index (χ0v) is 10.9. The van der Waals surface area contributed by atoms with Crippen molar-refractivity contribution < 1.29 is 23.5 Å². The number of methoxy groups -OCH3 is 1. The van der Waals surface area contributed by atoms with Gasteiger partial charge in [0.25, 0.3) is 5.78 Å². The molecule has 1 rings (SSSR count). The molecule has 20 heavy (non-hydrogen) atoms. The third-order valence-electron chi connectivity index (χ3n) is 2.71. The first-order valence-corrected chi connectivity index (χ1v) is 5.75. The SMILES string of the molecule is C=C[C@H](CC(=O)C(=[N+]=[N-])C(=O)OC)c1cccc(F)c1. The van der Waals surface area contributed by atoms with Crippen molar-refractivity contribution >= 4 is 17.5 Å². The first-order chi connectivity index (χ1) is 9.53. The molecule has 0 aromatic heterocycles. The van der Waals surface area contributed by atoms with Crippen molar-refractivity contribution in [2.75, 3.05) is 7.11 Å². The van der Waals surface area contributed by atoms with E-state index in [1.165, 1.54) is 24.3 Å². The Labute approximate surface area is 115 Å².